The lowest BCUT2D eigenvalue weighted by atomic mass is 9.91. The number of aromatic nitrogens is 2. The van der Waals surface area contributed by atoms with Crippen LogP contribution in [0.5, 0.6) is 0 Å². The number of nitrogens with zero attached hydrogens (tertiary/aromatic N) is 3. The highest BCUT2D eigenvalue weighted by atomic mass is 32.2. The van der Waals surface area contributed by atoms with E-state index in [1.807, 2.05) is 37.4 Å². The Hall–Kier alpha value is -1.82. The zero-order valence-electron chi connectivity index (χ0n) is 17.1. The van der Waals surface area contributed by atoms with Crippen LogP contribution in [0, 0.1) is 0 Å². The molecule has 0 amide bonds. The Kier molecular flexibility index (Phi) is 5.39. The Bertz CT molecular complexity index is 926. The molecule has 144 valence electrons. The summed E-state index contributed by atoms with van der Waals surface area (Å²) in [5, 5.41) is 0. The van der Waals surface area contributed by atoms with Crippen LogP contribution in [-0.2, 0) is 16.9 Å². The van der Waals surface area contributed by atoms with Crippen molar-refractivity contribution in [2.75, 3.05) is 6.54 Å². The lowest BCUT2D eigenvalue weighted by molar-refractivity contribution is 0.233. The molecule has 0 aliphatic heterocycles. The number of rotatable bonds is 5. The van der Waals surface area contributed by atoms with E-state index in [4.69, 9.17) is 0 Å². The van der Waals surface area contributed by atoms with Crippen LogP contribution >= 0.6 is 0 Å². The molecule has 0 radical (unpaired) electrons. The van der Waals surface area contributed by atoms with Gasteiger partial charge >= 0.3 is 0 Å². The van der Waals surface area contributed by atoms with Crippen LogP contribution in [-0.4, -0.2) is 29.5 Å². The SMILES string of the molecule is CCN([S@@+]([O-])C(C)(C)C)C(C)(C)c1cccc(-c2ccc3nccn3c2)c1. The second-order valence-corrected chi connectivity index (χ2v) is 10.5. The fourth-order valence-corrected chi connectivity index (χ4v) is 4.78. The van der Waals surface area contributed by atoms with Crippen LogP contribution in [0.25, 0.3) is 16.8 Å². The van der Waals surface area contributed by atoms with Crippen LogP contribution in [0.2, 0.25) is 0 Å². The van der Waals surface area contributed by atoms with E-state index in [9.17, 15) is 4.55 Å². The van der Waals surface area contributed by atoms with Gasteiger partial charge in [0.05, 0.1) is 5.54 Å². The van der Waals surface area contributed by atoms with Crippen molar-refractivity contribution < 1.29 is 4.55 Å². The van der Waals surface area contributed by atoms with E-state index in [1.54, 1.807) is 6.20 Å². The molecule has 2 heterocycles. The molecular formula is C22H29N3OS. The van der Waals surface area contributed by atoms with Crippen LogP contribution in [0.15, 0.2) is 55.0 Å². The molecule has 0 fully saturated rings. The Labute approximate surface area is 165 Å². The minimum absolute atomic E-state index is 0.294. The third-order valence-corrected chi connectivity index (χ3v) is 7.09. The van der Waals surface area contributed by atoms with E-state index in [-0.39, 0.29) is 10.3 Å². The molecule has 0 N–H and O–H groups in total. The molecule has 1 aromatic carbocycles. The zero-order chi connectivity index (χ0) is 19.8. The smallest absolute Gasteiger partial charge is 0.137 e. The molecule has 3 rings (SSSR count). The van der Waals surface area contributed by atoms with E-state index in [0.717, 1.165) is 28.9 Å². The normalized spacial score (nSPS) is 14.1. The van der Waals surface area contributed by atoms with Crippen molar-refractivity contribution in [3.8, 4) is 11.1 Å². The highest BCUT2D eigenvalue weighted by Crippen LogP contribution is 2.36. The van der Waals surface area contributed by atoms with Crippen LogP contribution in [0.4, 0.5) is 0 Å². The maximum Gasteiger partial charge on any atom is 0.137 e. The van der Waals surface area contributed by atoms with Gasteiger partial charge in [-0.2, -0.15) is 0 Å². The minimum Gasteiger partial charge on any atom is -0.597 e. The van der Waals surface area contributed by atoms with Gasteiger partial charge in [0, 0.05) is 36.5 Å². The van der Waals surface area contributed by atoms with Gasteiger partial charge in [0.1, 0.15) is 10.4 Å². The van der Waals surface area contributed by atoms with Gasteiger partial charge in [0.25, 0.3) is 0 Å². The maximum absolute atomic E-state index is 13.1. The monoisotopic (exact) mass is 383 g/mol. The average molecular weight is 384 g/mol. The quantitative estimate of drug-likeness (QED) is 0.581. The van der Waals surface area contributed by atoms with Gasteiger partial charge in [-0.25, -0.2) is 4.98 Å². The molecule has 0 saturated carbocycles. The van der Waals surface area contributed by atoms with Crippen molar-refractivity contribution in [3.05, 3.63) is 60.6 Å². The summed E-state index contributed by atoms with van der Waals surface area (Å²) >= 11 is -1.09. The first-order valence-corrected chi connectivity index (χ1v) is 10.5. The summed E-state index contributed by atoms with van der Waals surface area (Å²) in [6.45, 7) is 13.2. The predicted octanol–water partition coefficient (Wildman–Crippen LogP) is 5.02. The Morgan fingerprint density at radius 2 is 1.81 bits per heavy atom. The third-order valence-electron chi connectivity index (χ3n) is 4.93. The van der Waals surface area contributed by atoms with Crippen LogP contribution in [0.1, 0.15) is 47.1 Å². The number of imidazole rings is 1. The van der Waals surface area contributed by atoms with Crippen molar-refractivity contribution in [1.29, 1.82) is 0 Å². The van der Waals surface area contributed by atoms with Crippen LogP contribution in [0.3, 0.4) is 0 Å². The first-order valence-electron chi connectivity index (χ1n) is 9.38. The molecule has 0 aliphatic carbocycles. The van der Waals surface area contributed by atoms with Gasteiger partial charge in [-0.15, -0.1) is 4.31 Å². The fourth-order valence-electron chi connectivity index (χ4n) is 3.36. The second-order valence-electron chi connectivity index (χ2n) is 8.31. The van der Waals surface area contributed by atoms with Gasteiger partial charge in [0.2, 0.25) is 0 Å². The summed E-state index contributed by atoms with van der Waals surface area (Å²) in [7, 11) is 0. The minimum atomic E-state index is -1.09. The molecule has 1 atom stereocenters. The molecule has 0 aliphatic rings. The summed E-state index contributed by atoms with van der Waals surface area (Å²) in [6.07, 6.45) is 5.86. The van der Waals surface area contributed by atoms with Crippen molar-refractivity contribution in [1.82, 2.24) is 13.7 Å². The first-order chi connectivity index (χ1) is 12.6. The summed E-state index contributed by atoms with van der Waals surface area (Å²) in [5.74, 6) is 0. The van der Waals surface area contributed by atoms with E-state index in [2.05, 4.69) is 66.6 Å². The molecule has 3 aromatic rings. The van der Waals surface area contributed by atoms with Gasteiger partial charge < -0.3 is 8.95 Å². The third kappa shape index (κ3) is 3.91. The number of benzene rings is 1. The van der Waals surface area contributed by atoms with Gasteiger partial charge in [-0.05, 0) is 76.4 Å². The molecule has 0 spiro atoms. The molecule has 0 saturated heterocycles. The number of hydrogen-bond donors (Lipinski definition) is 0. The van der Waals surface area contributed by atoms with E-state index < -0.39 is 11.4 Å². The molecule has 2 aromatic heterocycles. The Balaban J connectivity index is 2.00. The van der Waals surface area contributed by atoms with Gasteiger partial charge in [0.15, 0.2) is 0 Å². The summed E-state index contributed by atoms with van der Waals surface area (Å²) in [6, 6.07) is 12.7. The van der Waals surface area contributed by atoms with E-state index in [0.29, 0.717) is 0 Å². The fraction of sp³-hybridized carbons (Fsp3) is 0.409. The molecule has 5 heteroatoms. The topological polar surface area (TPSA) is 43.6 Å². The standard InChI is InChI=1S/C22H29N3OS/c1-7-25(27(26)21(2,3)4)22(5,6)19-10-8-9-17(15-19)18-11-12-20-23-13-14-24(20)16-18/h8-16H,7H2,1-6H3/t27-/m0/s1. The summed E-state index contributed by atoms with van der Waals surface area (Å²) in [5.41, 5.74) is 4.03. The van der Waals surface area contributed by atoms with Crippen molar-refractivity contribution in [2.24, 2.45) is 0 Å². The number of fused-ring (bicyclic) bond motifs is 1. The lowest BCUT2D eigenvalue weighted by Gasteiger charge is -2.41. The van der Waals surface area contributed by atoms with Gasteiger partial charge in [-0.3, -0.25) is 0 Å². The van der Waals surface area contributed by atoms with Gasteiger partial charge in [-0.1, -0.05) is 18.2 Å². The molecule has 27 heavy (non-hydrogen) atoms. The predicted molar refractivity (Wildman–Crippen MR) is 114 cm³/mol. The average Bonchev–Trinajstić information content (AvgIpc) is 3.09. The Morgan fingerprint density at radius 3 is 2.48 bits per heavy atom. The summed E-state index contributed by atoms with van der Waals surface area (Å²) in [4.78, 5) is 4.31. The second kappa shape index (κ2) is 7.30. The van der Waals surface area contributed by atoms with Crippen molar-refractivity contribution in [2.45, 2.75) is 51.8 Å². The Morgan fingerprint density at radius 1 is 1.07 bits per heavy atom. The molecular weight excluding hydrogens is 354 g/mol. The van der Waals surface area contributed by atoms with Crippen molar-refractivity contribution >= 4 is 17.0 Å². The molecule has 0 unspecified atom stereocenters. The maximum atomic E-state index is 13.1. The number of pyridine rings is 1. The largest absolute Gasteiger partial charge is 0.597 e. The first kappa shape index (κ1) is 19.9. The van der Waals surface area contributed by atoms with Crippen molar-refractivity contribution in [3.63, 3.8) is 0 Å². The highest BCUT2D eigenvalue weighted by molar-refractivity contribution is 7.90. The lowest BCUT2D eigenvalue weighted by Crippen LogP contribution is -2.51. The zero-order valence-corrected chi connectivity index (χ0v) is 17.9. The van der Waals surface area contributed by atoms with E-state index >= 15 is 0 Å². The summed E-state index contributed by atoms with van der Waals surface area (Å²) < 4.78 is 16.9. The molecule has 0 bridgehead atoms. The number of hydrogen-bond acceptors (Lipinski definition) is 3. The van der Waals surface area contributed by atoms with Crippen LogP contribution < -0.4 is 0 Å². The van der Waals surface area contributed by atoms with E-state index in [1.165, 1.54) is 0 Å². The highest BCUT2D eigenvalue weighted by Gasteiger charge is 2.42. The molecule has 4 nitrogen and oxygen atoms in total.